The topological polar surface area (TPSA) is 98.3 Å². The molecule has 0 bridgehead atoms. The third kappa shape index (κ3) is 4.36. The maximum absolute atomic E-state index is 13.4. The highest BCUT2D eigenvalue weighted by molar-refractivity contribution is 6.31. The molecule has 1 aromatic heterocycles. The number of aromatic nitrogens is 2. The van der Waals surface area contributed by atoms with Crippen LogP contribution in [-0.4, -0.2) is 31.8 Å². The minimum absolute atomic E-state index is 0.108. The molecular weight excluding hydrogens is 432 g/mol. The lowest BCUT2D eigenvalue weighted by molar-refractivity contribution is -0.385. The molecule has 0 aliphatic heterocycles. The second kappa shape index (κ2) is 9.48. The molecule has 1 heterocycles. The number of hydrogen-bond donors (Lipinski definition) is 0. The summed E-state index contributed by atoms with van der Waals surface area (Å²) in [5.74, 6) is 0.0845. The van der Waals surface area contributed by atoms with Crippen LogP contribution in [-0.2, 0) is 6.54 Å². The van der Waals surface area contributed by atoms with E-state index in [1.165, 1.54) is 6.07 Å². The number of carbonyl (C=O) groups is 1. The lowest BCUT2D eigenvalue weighted by atomic mass is 10.1. The first-order chi connectivity index (χ1) is 15.2. The number of nitrogens with zero attached hydrogens (tertiary/aromatic N) is 4. The number of halogens is 1. The van der Waals surface area contributed by atoms with Crippen LogP contribution < -0.4 is 5.56 Å². The van der Waals surface area contributed by atoms with E-state index in [1.54, 1.807) is 53.6 Å². The van der Waals surface area contributed by atoms with E-state index in [-0.39, 0.29) is 22.7 Å². The molecule has 0 aliphatic carbocycles. The van der Waals surface area contributed by atoms with Crippen LogP contribution >= 0.6 is 11.6 Å². The van der Waals surface area contributed by atoms with Crippen LogP contribution in [0.5, 0.6) is 0 Å². The van der Waals surface area contributed by atoms with Crippen LogP contribution in [0.25, 0.3) is 10.9 Å². The second-order valence-corrected chi connectivity index (χ2v) is 8.05. The number of nitro groups is 1. The van der Waals surface area contributed by atoms with Gasteiger partial charge in [0.15, 0.2) is 0 Å². The van der Waals surface area contributed by atoms with Gasteiger partial charge >= 0.3 is 0 Å². The zero-order valence-electron chi connectivity index (χ0n) is 18.5. The fourth-order valence-corrected chi connectivity index (χ4v) is 3.96. The highest BCUT2D eigenvalue weighted by Crippen LogP contribution is 2.26. The monoisotopic (exact) mass is 456 g/mol. The Balaban J connectivity index is 2.12. The zero-order valence-corrected chi connectivity index (χ0v) is 19.2. The first kappa shape index (κ1) is 23.4. The highest BCUT2D eigenvalue weighted by Gasteiger charge is 2.27. The number of fused-ring (bicyclic) bond motifs is 1. The lowest BCUT2D eigenvalue weighted by Gasteiger charge is -2.30. The third-order valence-electron chi connectivity index (χ3n) is 5.48. The maximum atomic E-state index is 13.4. The normalized spacial score (nSPS) is 12.0. The predicted molar refractivity (Wildman–Crippen MR) is 124 cm³/mol. The van der Waals surface area contributed by atoms with Crippen molar-refractivity contribution in [2.45, 2.75) is 46.7 Å². The summed E-state index contributed by atoms with van der Waals surface area (Å²) in [5, 5.41) is 12.3. The minimum atomic E-state index is -0.543. The van der Waals surface area contributed by atoms with Crippen molar-refractivity contribution in [2.75, 3.05) is 6.54 Å². The lowest BCUT2D eigenvalue weighted by Crippen LogP contribution is -2.38. The quantitative estimate of drug-likeness (QED) is 0.372. The fourth-order valence-electron chi connectivity index (χ4n) is 3.79. The van der Waals surface area contributed by atoms with Crippen molar-refractivity contribution in [3.05, 3.63) is 78.8 Å². The molecule has 1 atom stereocenters. The molecule has 9 heteroatoms. The van der Waals surface area contributed by atoms with Crippen LogP contribution in [0.2, 0.25) is 5.02 Å². The van der Waals surface area contributed by atoms with Gasteiger partial charge in [0.1, 0.15) is 5.82 Å². The van der Waals surface area contributed by atoms with E-state index in [0.29, 0.717) is 46.8 Å². The second-order valence-electron chi connectivity index (χ2n) is 7.61. The van der Waals surface area contributed by atoms with E-state index in [2.05, 4.69) is 4.98 Å². The van der Waals surface area contributed by atoms with Crippen molar-refractivity contribution in [3.8, 4) is 0 Å². The van der Waals surface area contributed by atoms with E-state index >= 15 is 0 Å². The van der Waals surface area contributed by atoms with Crippen molar-refractivity contribution in [1.82, 2.24) is 14.5 Å². The smallest absolute Gasteiger partial charge is 0.273 e. The SMILES string of the molecule is CCCN(C(=O)c1ccc(C)c([N+](=O)[O-])c1)C(C)c1nc2cc(Cl)ccc2c(=O)n1CC. The van der Waals surface area contributed by atoms with Gasteiger partial charge in [0.2, 0.25) is 0 Å². The van der Waals surface area contributed by atoms with Crippen molar-refractivity contribution in [3.63, 3.8) is 0 Å². The minimum Gasteiger partial charge on any atom is -0.329 e. The molecule has 8 nitrogen and oxygen atoms in total. The van der Waals surface area contributed by atoms with Gasteiger partial charge in [-0.2, -0.15) is 0 Å². The standard InChI is InChI=1S/C23H25ClN4O4/c1-5-11-27(22(29)16-8-7-14(3)20(12-16)28(31)32)15(4)21-25-19-13-17(24)9-10-18(19)23(30)26(21)6-2/h7-10,12-13,15H,5-6,11H2,1-4H3. The largest absolute Gasteiger partial charge is 0.329 e. The molecule has 0 aliphatic rings. The predicted octanol–water partition coefficient (Wildman–Crippen LogP) is 4.90. The molecule has 0 saturated heterocycles. The Kier molecular flexibility index (Phi) is 6.93. The molecule has 0 radical (unpaired) electrons. The summed E-state index contributed by atoms with van der Waals surface area (Å²) in [6.45, 7) is 7.99. The van der Waals surface area contributed by atoms with E-state index in [1.807, 2.05) is 13.8 Å². The molecule has 32 heavy (non-hydrogen) atoms. The van der Waals surface area contributed by atoms with Crippen LogP contribution in [0.15, 0.2) is 41.2 Å². The molecule has 168 valence electrons. The zero-order chi connectivity index (χ0) is 23.6. The molecule has 0 saturated carbocycles. The van der Waals surface area contributed by atoms with Crippen molar-refractivity contribution < 1.29 is 9.72 Å². The molecule has 0 N–H and O–H groups in total. The number of amides is 1. The average Bonchev–Trinajstić information content (AvgIpc) is 2.76. The maximum Gasteiger partial charge on any atom is 0.273 e. The van der Waals surface area contributed by atoms with Gasteiger partial charge < -0.3 is 4.90 Å². The number of carbonyl (C=O) groups excluding carboxylic acids is 1. The van der Waals surface area contributed by atoms with Gasteiger partial charge in [-0.3, -0.25) is 24.3 Å². The summed E-state index contributed by atoms with van der Waals surface area (Å²) in [5.41, 5.74) is 0.852. The summed E-state index contributed by atoms with van der Waals surface area (Å²) >= 11 is 6.10. The van der Waals surface area contributed by atoms with Gasteiger partial charge in [0.05, 0.1) is 21.9 Å². The summed E-state index contributed by atoms with van der Waals surface area (Å²) in [6, 6.07) is 8.83. The summed E-state index contributed by atoms with van der Waals surface area (Å²) in [6.07, 6.45) is 0.666. The number of aryl methyl sites for hydroxylation is 1. The van der Waals surface area contributed by atoms with Gasteiger partial charge in [-0.05, 0) is 51.5 Å². The van der Waals surface area contributed by atoms with E-state index < -0.39 is 11.0 Å². The average molecular weight is 457 g/mol. The number of rotatable bonds is 7. The molecular formula is C23H25ClN4O4. The first-order valence-corrected chi connectivity index (χ1v) is 10.8. The van der Waals surface area contributed by atoms with E-state index in [0.717, 1.165) is 0 Å². The van der Waals surface area contributed by atoms with Crippen molar-refractivity contribution in [1.29, 1.82) is 0 Å². The molecule has 3 aromatic rings. The van der Waals surface area contributed by atoms with Gasteiger partial charge in [0, 0.05) is 35.3 Å². The van der Waals surface area contributed by atoms with E-state index in [9.17, 15) is 19.7 Å². The van der Waals surface area contributed by atoms with Gasteiger partial charge in [-0.1, -0.05) is 24.6 Å². The van der Waals surface area contributed by atoms with Crippen molar-refractivity contribution >= 4 is 34.1 Å². The molecule has 0 fully saturated rings. The molecule has 3 rings (SSSR count). The molecule has 1 unspecified atom stereocenters. The van der Waals surface area contributed by atoms with Gasteiger partial charge in [0.25, 0.3) is 17.2 Å². The van der Waals surface area contributed by atoms with Crippen LogP contribution in [0.4, 0.5) is 5.69 Å². The Morgan fingerprint density at radius 3 is 2.59 bits per heavy atom. The molecule has 0 spiro atoms. The third-order valence-corrected chi connectivity index (χ3v) is 5.72. The van der Waals surface area contributed by atoms with Gasteiger partial charge in [-0.25, -0.2) is 4.98 Å². The Bertz CT molecular complexity index is 1250. The number of benzene rings is 2. The van der Waals surface area contributed by atoms with Crippen molar-refractivity contribution in [2.24, 2.45) is 0 Å². The molecule has 2 aromatic carbocycles. The fraction of sp³-hybridized carbons (Fsp3) is 0.348. The number of hydrogen-bond acceptors (Lipinski definition) is 5. The molecule has 1 amide bonds. The van der Waals surface area contributed by atoms with Crippen LogP contribution in [0.1, 0.15) is 55.0 Å². The first-order valence-electron chi connectivity index (χ1n) is 10.5. The Morgan fingerprint density at radius 1 is 1.25 bits per heavy atom. The van der Waals surface area contributed by atoms with Crippen LogP contribution in [0.3, 0.4) is 0 Å². The number of nitro benzene ring substituents is 1. The Labute approximate surface area is 190 Å². The van der Waals surface area contributed by atoms with E-state index in [4.69, 9.17) is 11.6 Å². The van der Waals surface area contributed by atoms with Gasteiger partial charge in [-0.15, -0.1) is 0 Å². The van der Waals surface area contributed by atoms with Crippen LogP contribution in [0, 0.1) is 17.0 Å². The Morgan fingerprint density at radius 2 is 1.97 bits per heavy atom. The summed E-state index contributed by atoms with van der Waals surface area (Å²) < 4.78 is 1.55. The summed E-state index contributed by atoms with van der Waals surface area (Å²) in [4.78, 5) is 43.6. The summed E-state index contributed by atoms with van der Waals surface area (Å²) in [7, 11) is 0. The highest BCUT2D eigenvalue weighted by atomic mass is 35.5. The Hall–Kier alpha value is -3.26.